The molecule has 2 fully saturated rings. The molecule has 0 aromatic rings. The minimum absolute atomic E-state index is 0.0212. The van der Waals surface area contributed by atoms with Gasteiger partial charge in [0.05, 0.1) is 30.7 Å². The number of aliphatic hydroxyl groups excluding tert-OH is 3. The van der Waals surface area contributed by atoms with Gasteiger partial charge in [0.2, 0.25) is 0 Å². The van der Waals surface area contributed by atoms with Crippen molar-refractivity contribution in [3.05, 3.63) is 22.8 Å². The molecule has 0 heterocycles. The monoisotopic (exact) mass is 544 g/mol. The Morgan fingerprint density at radius 3 is 2.31 bits per heavy atom. The summed E-state index contributed by atoms with van der Waals surface area (Å²) in [6.07, 6.45) is -0.486. The molecule has 4 rings (SSSR count). The molecule has 39 heavy (non-hydrogen) atoms. The first kappa shape index (κ1) is 29.8. The Hall–Kier alpha value is -2.16. The normalized spacial score (nSPS) is 42.4. The molecule has 0 amide bonds. The van der Waals surface area contributed by atoms with Gasteiger partial charge in [-0.3, -0.25) is 19.2 Å². The van der Waals surface area contributed by atoms with E-state index in [2.05, 4.69) is 0 Å². The maximum Gasteiger partial charge on any atom is 0.308 e. The van der Waals surface area contributed by atoms with Gasteiger partial charge in [0.25, 0.3) is 0 Å². The smallest absolute Gasteiger partial charge is 0.308 e. The van der Waals surface area contributed by atoms with Crippen molar-refractivity contribution in [1.29, 1.82) is 0 Å². The average molecular weight is 545 g/mol. The number of carbonyl (C=O) groups is 4. The number of aliphatic hydroxyl groups is 3. The molecule has 9 unspecified atom stereocenters. The lowest BCUT2D eigenvalue weighted by Gasteiger charge is -2.62. The molecular weight excluding hydrogens is 500 g/mol. The van der Waals surface area contributed by atoms with Crippen LogP contribution in [0.4, 0.5) is 0 Å². The molecule has 4 aliphatic carbocycles. The van der Waals surface area contributed by atoms with Gasteiger partial charge in [0.15, 0.2) is 11.6 Å². The van der Waals surface area contributed by atoms with Crippen molar-refractivity contribution in [3.8, 4) is 0 Å². The van der Waals surface area contributed by atoms with Gasteiger partial charge >= 0.3 is 5.97 Å². The Balaban J connectivity index is 1.82. The van der Waals surface area contributed by atoms with E-state index in [9.17, 15) is 34.5 Å². The fourth-order valence-electron chi connectivity index (χ4n) is 8.91. The van der Waals surface area contributed by atoms with Crippen LogP contribution in [0.15, 0.2) is 22.8 Å². The molecule has 0 bridgehead atoms. The number of fused-ring (bicyclic) bond motifs is 4. The van der Waals surface area contributed by atoms with Crippen LogP contribution in [0.5, 0.6) is 0 Å². The molecule has 8 heteroatoms. The van der Waals surface area contributed by atoms with Crippen LogP contribution in [-0.2, 0) is 23.9 Å². The maximum absolute atomic E-state index is 14.2. The Bertz CT molecular complexity index is 1180. The van der Waals surface area contributed by atoms with Crippen molar-refractivity contribution in [3.63, 3.8) is 0 Å². The van der Waals surface area contributed by atoms with Crippen LogP contribution >= 0.6 is 0 Å². The largest absolute Gasteiger partial charge is 0.469 e. The third-order valence-corrected chi connectivity index (χ3v) is 11.5. The molecule has 0 radical (unpaired) electrons. The van der Waals surface area contributed by atoms with Gasteiger partial charge in [-0.25, -0.2) is 0 Å². The van der Waals surface area contributed by atoms with E-state index in [-0.39, 0.29) is 30.3 Å². The van der Waals surface area contributed by atoms with Crippen molar-refractivity contribution in [2.75, 3.05) is 7.11 Å². The highest BCUT2D eigenvalue weighted by molar-refractivity contribution is 6.08. The summed E-state index contributed by atoms with van der Waals surface area (Å²) >= 11 is 0. The summed E-state index contributed by atoms with van der Waals surface area (Å²) in [5.74, 6) is -2.89. The van der Waals surface area contributed by atoms with Crippen LogP contribution in [0.1, 0.15) is 80.6 Å². The first-order chi connectivity index (χ1) is 17.9. The summed E-state index contributed by atoms with van der Waals surface area (Å²) in [5.41, 5.74) is -2.53. The predicted molar refractivity (Wildman–Crippen MR) is 143 cm³/mol. The second-order valence-electron chi connectivity index (χ2n) is 13.7. The number of methoxy groups -OCH3 is 1. The van der Waals surface area contributed by atoms with Crippen molar-refractivity contribution >= 4 is 23.3 Å². The molecule has 3 N–H and O–H groups in total. The van der Waals surface area contributed by atoms with Gasteiger partial charge in [0.1, 0.15) is 11.9 Å². The Morgan fingerprint density at radius 1 is 1.10 bits per heavy atom. The van der Waals surface area contributed by atoms with Crippen molar-refractivity contribution < 1.29 is 39.2 Å². The zero-order valence-electron chi connectivity index (χ0n) is 24.5. The molecule has 0 aliphatic heterocycles. The van der Waals surface area contributed by atoms with E-state index in [4.69, 9.17) is 4.74 Å². The Kier molecular flexibility index (Phi) is 7.23. The summed E-state index contributed by atoms with van der Waals surface area (Å²) in [4.78, 5) is 52.7. The second-order valence-corrected chi connectivity index (χ2v) is 13.7. The number of Topliss-reactive ketones (excluding diaryl/α,β-unsaturated/α-hetero) is 2. The lowest BCUT2D eigenvalue weighted by Crippen LogP contribution is -2.64. The van der Waals surface area contributed by atoms with Crippen LogP contribution in [0.25, 0.3) is 0 Å². The average Bonchev–Trinajstić information content (AvgIpc) is 3.07. The van der Waals surface area contributed by atoms with Gasteiger partial charge in [0, 0.05) is 23.8 Å². The fraction of sp³-hybridized carbons (Fsp3) is 0.742. The van der Waals surface area contributed by atoms with Crippen LogP contribution in [-0.4, -0.2) is 64.1 Å². The van der Waals surface area contributed by atoms with Crippen LogP contribution in [0.3, 0.4) is 0 Å². The molecule has 2 saturated carbocycles. The standard InChI is InChI=1S/C31H44O8/c1-15(11-17(32)12-16(2)27(38)39-8)18-13-22(35)31(7)23-19(33)14-20-28(3,4)21(34)9-10-29(20,5)24(23)25(36)26(37)30(18,31)6/h11,16,18-21,26,33-34,37H,9-10,12-14H2,1-8H3. The molecule has 8 nitrogen and oxygen atoms in total. The summed E-state index contributed by atoms with van der Waals surface area (Å²) in [6.45, 7) is 12.7. The predicted octanol–water partition coefficient (Wildman–Crippen LogP) is 3.11. The number of hydrogen-bond donors (Lipinski definition) is 3. The molecule has 216 valence electrons. The topological polar surface area (TPSA) is 138 Å². The molecule has 0 aromatic carbocycles. The number of ketones is 3. The third kappa shape index (κ3) is 3.88. The minimum atomic E-state index is -1.51. The first-order valence-electron chi connectivity index (χ1n) is 14.1. The summed E-state index contributed by atoms with van der Waals surface area (Å²) in [7, 11) is 1.26. The number of carbonyl (C=O) groups excluding carboxylic acids is 4. The number of ether oxygens (including phenoxy) is 1. The summed E-state index contributed by atoms with van der Waals surface area (Å²) in [5, 5.41) is 34.2. The second kappa shape index (κ2) is 9.45. The minimum Gasteiger partial charge on any atom is -0.469 e. The summed E-state index contributed by atoms with van der Waals surface area (Å²) < 4.78 is 4.71. The van der Waals surface area contributed by atoms with Crippen LogP contribution in [0.2, 0.25) is 0 Å². The number of esters is 1. The van der Waals surface area contributed by atoms with Gasteiger partial charge in [-0.15, -0.1) is 0 Å². The summed E-state index contributed by atoms with van der Waals surface area (Å²) in [6, 6.07) is 0. The number of allylic oxidation sites excluding steroid dienone is 2. The van der Waals surface area contributed by atoms with Crippen LogP contribution in [0, 0.1) is 39.4 Å². The zero-order valence-corrected chi connectivity index (χ0v) is 24.5. The van der Waals surface area contributed by atoms with E-state index in [0.29, 0.717) is 36.0 Å². The van der Waals surface area contributed by atoms with E-state index < -0.39 is 63.6 Å². The van der Waals surface area contributed by atoms with E-state index >= 15 is 0 Å². The highest BCUT2D eigenvalue weighted by atomic mass is 16.5. The zero-order chi connectivity index (χ0) is 29.5. The van der Waals surface area contributed by atoms with E-state index in [1.54, 1.807) is 27.7 Å². The first-order valence-corrected chi connectivity index (χ1v) is 14.1. The molecule has 0 saturated heterocycles. The quantitative estimate of drug-likeness (QED) is 0.355. The Morgan fingerprint density at radius 2 is 1.72 bits per heavy atom. The van der Waals surface area contributed by atoms with Gasteiger partial charge < -0.3 is 20.1 Å². The number of rotatable bonds is 5. The van der Waals surface area contributed by atoms with E-state index in [1.165, 1.54) is 13.2 Å². The SMILES string of the molecule is COC(=O)C(C)CC(=O)C=C(C)C1CC(=O)C2(C)C3=C(C(=O)C(O)C12C)C1(C)CCC(O)C(C)(C)C1CC3O. The van der Waals surface area contributed by atoms with Gasteiger partial charge in [-0.1, -0.05) is 40.2 Å². The molecule has 0 aromatic heterocycles. The molecular formula is C31H44O8. The molecule has 4 aliphatic rings. The lowest BCUT2D eigenvalue weighted by molar-refractivity contribution is -0.156. The highest BCUT2D eigenvalue weighted by Crippen LogP contribution is 2.70. The number of hydrogen-bond acceptors (Lipinski definition) is 8. The van der Waals surface area contributed by atoms with Gasteiger partial charge in [-0.05, 0) is 67.4 Å². The van der Waals surface area contributed by atoms with Gasteiger partial charge in [-0.2, -0.15) is 0 Å². The maximum atomic E-state index is 14.2. The van der Waals surface area contributed by atoms with Crippen molar-refractivity contribution in [2.45, 2.75) is 98.9 Å². The fourth-order valence-corrected chi connectivity index (χ4v) is 8.91. The van der Waals surface area contributed by atoms with E-state index in [0.717, 1.165) is 0 Å². The van der Waals surface area contributed by atoms with Crippen LogP contribution < -0.4 is 0 Å². The van der Waals surface area contributed by atoms with Crippen molar-refractivity contribution in [1.82, 2.24) is 0 Å². The lowest BCUT2D eigenvalue weighted by atomic mass is 9.42. The molecule has 0 spiro atoms. The third-order valence-electron chi connectivity index (χ3n) is 11.5. The molecule has 9 atom stereocenters. The van der Waals surface area contributed by atoms with Crippen molar-refractivity contribution in [2.24, 2.45) is 39.4 Å². The Labute approximate surface area is 230 Å². The van der Waals surface area contributed by atoms with E-state index in [1.807, 2.05) is 20.8 Å². The highest BCUT2D eigenvalue weighted by Gasteiger charge is 2.73.